The summed E-state index contributed by atoms with van der Waals surface area (Å²) in [6.07, 6.45) is 13.2. The predicted molar refractivity (Wildman–Crippen MR) is 103 cm³/mol. The minimum absolute atomic E-state index is 0.120. The Kier molecular flexibility index (Phi) is 8.50. The van der Waals surface area contributed by atoms with Gasteiger partial charge in [0.25, 0.3) is 0 Å². The van der Waals surface area contributed by atoms with Gasteiger partial charge in [-0.1, -0.05) is 76.0 Å². The number of aryl methyl sites for hydroxylation is 1. The first-order valence-corrected chi connectivity index (χ1v) is 9.84. The van der Waals surface area contributed by atoms with Crippen molar-refractivity contribution in [1.82, 2.24) is 5.32 Å². The lowest BCUT2D eigenvalue weighted by molar-refractivity contribution is -0.136. The SMILES string of the molecule is Cc1ccccc1NC(=O)C(=O)NC1CCCCCCCCCCC1. The molecule has 1 aromatic rings. The van der Waals surface area contributed by atoms with Crippen molar-refractivity contribution >= 4 is 17.5 Å². The zero-order valence-electron chi connectivity index (χ0n) is 15.5. The van der Waals surface area contributed by atoms with E-state index in [4.69, 9.17) is 0 Å². The summed E-state index contributed by atoms with van der Waals surface area (Å²) in [5.74, 6) is -1.08. The Morgan fingerprint density at radius 3 is 1.88 bits per heavy atom. The normalized spacial score (nSPS) is 17.8. The molecular weight excluding hydrogens is 312 g/mol. The Labute approximate surface area is 151 Å². The molecule has 138 valence electrons. The Morgan fingerprint density at radius 2 is 1.32 bits per heavy atom. The van der Waals surface area contributed by atoms with Crippen molar-refractivity contribution in [3.05, 3.63) is 29.8 Å². The molecule has 1 aromatic carbocycles. The van der Waals surface area contributed by atoms with Gasteiger partial charge < -0.3 is 10.6 Å². The van der Waals surface area contributed by atoms with E-state index < -0.39 is 11.8 Å². The van der Waals surface area contributed by atoms with E-state index in [1.165, 1.54) is 44.9 Å². The minimum atomic E-state index is -0.569. The molecule has 1 fully saturated rings. The first kappa shape index (κ1) is 19.5. The molecule has 25 heavy (non-hydrogen) atoms. The van der Waals surface area contributed by atoms with Gasteiger partial charge in [-0.2, -0.15) is 0 Å². The lowest BCUT2D eigenvalue weighted by Crippen LogP contribution is -2.42. The van der Waals surface area contributed by atoms with Crippen molar-refractivity contribution < 1.29 is 9.59 Å². The van der Waals surface area contributed by atoms with Gasteiger partial charge in [-0.25, -0.2) is 0 Å². The third-order valence-corrected chi connectivity index (χ3v) is 5.04. The highest BCUT2D eigenvalue weighted by molar-refractivity contribution is 6.39. The van der Waals surface area contributed by atoms with Gasteiger partial charge >= 0.3 is 11.8 Å². The van der Waals surface area contributed by atoms with Crippen molar-refractivity contribution in [2.45, 2.75) is 83.6 Å². The van der Waals surface area contributed by atoms with Crippen LogP contribution in [0.25, 0.3) is 0 Å². The molecule has 0 spiro atoms. The first-order valence-electron chi connectivity index (χ1n) is 9.84. The fourth-order valence-electron chi connectivity index (χ4n) is 3.45. The molecule has 2 rings (SSSR count). The molecular formula is C21H32N2O2. The Hall–Kier alpha value is -1.84. The average Bonchev–Trinajstić information content (AvgIpc) is 2.59. The molecule has 4 heteroatoms. The lowest BCUT2D eigenvalue weighted by Gasteiger charge is -2.19. The Morgan fingerprint density at radius 1 is 0.800 bits per heavy atom. The molecule has 0 bridgehead atoms. The van der Waals surface area contributed by atoms with Crippen LogP contribution in [0.15, 0.2) is 24.3 Å². The van der Waals surface area contributed by atoms with Gasteiger partial charge in [0.05, 0.1) is 0 Å². The highest BCUT2D eigenvalue weighted by Gasteiger charge is 2.19. The maximum Gasteiger partial charge on any atom is 0.313 e. The lowest BCUT2D eigenvalue weighted by atomic mass is 9.98. The third kappa shape index (κ3) is 7.29. The number of nitrogens with one attached hydrogen (secondary N) is 2. The van der Waals surface area contributed by atoms with Crippen molar-refractivity contribution in [3.63, 3.8) is 0 Å². The van der Waals surface area contributed by atoms with Crippen molar-refractivity contribution in [2.75, 3.05) is 5.32 Å². The summed E-state index contributed by atoms with van der Waals surface area (Å²) < 4.78 is 0. The van der Waals surface area contributed by atoms with Gasteiger partial charge in [-0.15, -0.1) is 0 Å². The van der Waals surface area contributed by atoms with Gasteiger partial charge in [0, 0.05) is 11.7 Å². The van der Waals surface area contributed by atoms with E-state index in [1.54, 1.807) is 0 Å². The summed E-state index contributed by atoms with van der Waals surface area (Å²) in [7, 11) is 0. The first-order chi connectivity index (χ1) is 12.2. The van der Waals surface area contributed by atoms with Crippen LogP contribution < -0.4 is 10.6 Å². The fourth-order valence-corrected chi connectivity index (χ4v) is 3.45. The number of anilines is 1. The highest BCUT2D eigenvalue weighted by atomic mass is 16.2. The summed E-state index contributed by atoms with van der Waals surface area (Å²) in [5, 5.41) is 5.68. The summed E-state index contributed by atoms with van der Waals surface area (Å²) in [5.41, 5.74) is 1.65. The van der Waals surface area contributed by atoms with Gasteiger partial charge in [0.1, 0.15) is 0 Å². The smallest absolute Gasteiger partial charge is 0.313 e. The molecule has 0 radical (unpaired) electrons. The molecule has 0 aliphatic heterocycles. The fraction of sp³-hybridized carbons (Fsp3) is 0.619. The van der Waals surface area contributed by atoms with E-state index in [2.05, 4.69) is 10.6 Å². The van der Waals surface area contributed by atoms with Gasteiger partial charge in [0.2, 0.25) is 0 Å². The summed E-state index contributed by atoms with van der Waals surface area (Å²) >= 11 is 0. The monoisotopic (exact) mass is 344 g/mol. The van der Waals surface area contributed by atoms with Crippen LogP contribution in [0, 0.1) is 6.92 Å². The summed E-state index contributed by atoms with van der Waals surface area (Å²) in [6, 6.07) is 7.62. The second-order valence-corrected chi connectivity index (χ2v) is 7.20. The molecule has 0 unspecified atom stereocenters. The van der Waals surface area contributed by atoms with Crippen LogP contribution in [-0.2, 0) is 9.59 Å². The Bertz CT molecular complexity index is 545. The van der Waals surface area contributed by atoms with Gasteiger partial charge in [-0.05, 0) is 31.4 Å². The quantitative estimate of drug-likeness (QED) is 0.763. The molecule has 1 saturated carbocycles. The molecule has 1 aliphatic carbocycles. The molecule has 0 saturated heterocycles. The molecule has 2 N–H and O–H groups in total. The van der Waals surface area contributed by atoms with E-state index in [0.29, 0.717) is 5.69 Å². The van der Waals surface area contributed by atoms with E-state index in [0.717, 1.165) is 31.2 Å². The van der Waals surface area contributed by atoms with Crippen molar-refractivity contribution in [2.24, 2.45) is 0 Å². The van der Waals surface area contributed by atoms with Crippen LogP contribution in [0.5, 0.6) is 0 Å². The summed E-state index contributed by atoms with van der Waals surface area (Å²) in [6.45, 7) is 1.92. The maximum absolute atomic E-state index is 12.3. The second-order valence-electron chi connectivity index (χ2n) is 7.20. The zero-order chi connectivity index (χ0) is 17.9. The zero-order valence-corrected chi connectivity index (χ0v) is 15.5. The number of para-hydroxylation sites is 1. The topological polar surface area (TPSA) is 58.2 Å². The molecule has 0 aromatic heterocycles. The minimum Gasteiger partial charge on any atom is -0.345 e. The van der Waals surface area contributed by atoms with E-state index in [9.17, 15) is 9.59 Å². The maximum atomic E-state index is 12.3. The van der Waals surface area contributed by atoms with Crippen LogP contribution in [0.2, 0.25) is 0 Å². The number of carbonyl (C=O) groups excluding carboxylic acids is 2. The number of amides is 2. The van der Waals surface area contributed by atoms with Crippen LogP contribution in [0.1, 0.15) is 76.2 Å². The van der Waals surface area contributed by atoms with E-state index >= 15 is 0 Å². The van der Waals surface area contributed by atoms with Crippen LogP contribution >= 0.6 is 0 Å². The van der Waals surface area contributed by atoms with Crippen LogP contribution in [0.3, 0.4) is 0 Å². The molecule has 4 nitrogen and oxygen atoms in total. The Balaban J connectivity index is 1.84. The molecule has 2 amide bonds. The van der Waals surface area contributed by atoms with Gasteiger partial charge in [-0.3, -0.25) is 9.59 Å². The number of hydrogen-bond donors (Lipinski definition) is 2. The molecule has 0 atom stereocenters. The summed E-state index contributed by atoms with van der Waals surface area (Å²) in [4.78, 5) is 24.5. The number of rotatable bonds is 2. The van der Waals surface area contributed by atoms with Crippen molar-refractivity contribution in [3.8, 4) is 0 Å². The van der Waals surface area contributed by atoms with Crippen LogP contribution in [-0.4, -0.2) is 17.9 Å². The van der Waals surface area contributed by atoms with Crippen LogP contribution in [0.4, 0.5) is 5.69 Å². The molecule has 0 heterocycles. The predicted octanol–water partition coefficient (Wildman–Crippen LogP) is 4.72. The van der Waals surface area contributed by atoms with E-state index in [-0.39, 0.29) is 6.04 Å². The molecule has 1 aliphatic rings. The largest absolute Gasteiger partial charge is 0.345 e. The number of carbonyl (C=O) groups is 2. The average molecular weight is 344 g/mol. The number of hydrogen-bond acceptors (Lipinski definition) is 2. The standard InChI is InChI=1S/C21H32N2O2/c1-17-13-11-12-16-19(17)23-21(25)20(24)22-18-14-9-7-5-3-2-4-6-8-10-15-18/h11-13,16,18H,2-10,14-15H2,1H3,(H,22,24)(H,23,25). The van der Waals surface area contributed by atoms with E-state index in [1.807, 2.05) is 31.2 Å². The number of benzene rings is 1. The highest BCUT2D eigenvalue weighted by Crippen LogP contribution is 2.17. The second kappa shape index (κ2) is 10.9. The third-order valence-electron chi connectivity index (χ3n) is 5.04. The van der Waals surface area contributed by atoms with Crippen molar-refractivity contribution in [1.29, 1.82) is 0 Å². The van der Waals surface area contributed by atoms with Gasteiger partial charge in [0.15, 0.2) is 0 Å².